The maximum Gasteiger partial charge on any atom is 0.226 e. The molecule has 0 radical (unpaired) electrons. The van der Waals surface area contributed by atoms with Gasteiger partial charge in [0.15, 0.2) is 4.34 Å². The molecule has 5 nitrogen and oxygen atoms in total. The number of hydrogen-bond donors (Lipinski definition) is 1. The zero-order valence-electron chi connectivity index (χ0n) is 12.7. The van der Waals surface area contributed by atoms with Crippen molar-refractivity contribution in [3.63, 3.8) is 0 Å². The van der Waals surface area contributed by atoms with Crippen molar-refractivity contribution < 1.29 is 4.42 Å². The van der Waals surface area contributed by atoms with E-state index in [2.05, 4.69) is 20.5 Å². The highest BCUT2D eigenvalue weighted by atomic mass is 32.2. The first-order valence-corrected chi connectivity index (χ1v) is 9.33. The van der Waals surface area contributed by atoms with Crippen LogP contribution in [0.5, 0.6) is 0 Å². The van der Waals surface area contributed by atoms with Gasteiger partial charge in [-0.3, -0.25) is 0 Å². The first-order valence-electron chi connectivity index (χ1n) is 7.52. The van der Waals surface area contributed by atoms with Gasteiger partial charge in [-0.1, -0.05) is 41.3 Å². The third kappa shape index (κ3) is 3.56. The molecule has 118 valence electrons. The van der Waals surface area contributed by atoms with E-state index in [4.69, 9.17) is 4.42 Å². The summed E-state index contributed by atoms with van der Waals surface area (Å²) in [7, 11) is 0. The van der Waals surface area contributed by atoms with E-state index in [1.807, 2.05) is 37.3 Å². The van der Waals surface area contributed by atoms with E-state index in [9.17, 15) is 0 Å². The molecule has 0 atom stereocenters. The molecule has 1 fully saturated rings. The second-order valence-electron chi connectivity index (χ2n) is 5.47. The van der Waals surface area contributed by atoms with Crippen LogP contribution in [0.15, 0.2) is 39.1 Å². The van der Waals surface area contributed by atoms with Gasteiger partial charge >= 0.3 is 0 Å². The Labute approximate surface area is 142 Å². The lowest BCUT2D eigenvalue weighted by atomic mass is 10.2. The Kier molecular flexibility index (Phi) is 4.05. The Bertz CT molecular complexity index is 796. The number of benzene rings is 1. The van der Waals surface area contributed by atoms with Gasteiger partial charge in [0, 0.05) is 17.4 Å². The van der Waals surface area contributed by atoms with E-state index in [-0.39, 0.29) is 0 Å². The first-order chi connectivity index (χ1) is 11.3. The Hall–Kier alpha value is -1.86. The predicted octanol–water partition coefficient (Wildman–Crippen LogP) is 4.37. The number of thioether (sulfide) groups is 1. The minimum absolute atomic E-state index is 0.604. The highest BCUT2D eigenvalue weighted by molar-refractivity contribution is 8.00. The van der Waals surface area contributed by atoms with Crippen molar-refractivity contribution in [1.29, 1.82) is 0 Å². The summed E-state index contributed by atoms with van der Waals surface area (Å²) in [5, 5.41) is 12.7. The van der Waals surface area contributed by atoms with Gasteiger partial charge in [0.1, 0.15) is 5.76 Å². The topological polar surface area (TPSA) is 63.8 Å². The van der Waals surface area contributed by atoms with E-state index < -0.39 is 0 Å². The molecule has 1 N–H and O–H groups in total. The molecule has 3 aromatic rings. The van der Waals surface area contributed by atoms with Crippen molar-refractivity contribution in [3.8, 4) is 11.5 Å². The Morgan fingerprint density at radius 2 is 2.09 bits per heavy atom. The van der Waals surface area contributed by atoms with Crippen molar-refractivity contribution in [2.24, 2.45) is 0 Å². The van der Waals surface area contributed by atoms with Crippen molar-refractivity contribution in [1.82, 2.24) is 15.2 Å². The predicted molar refractivity (Wildman–Crippen MR) is 92.8 cm³/mol. The minimum Gasteiger partial charge on any atom is -0.441 e. The zero-order valence-corrected chi connectivity index (χ0v) is 14.3. The fourth-order valence-corrected chi connectivity index (χ4v) is 3.96. The van der Waals surface area contributed by atoms with E-state index in [1.54, 1.807) is 23.1 Å². The molecule has 0 unspecified atom stereocenters. The molecule has 0 saturated heterocycles. The molecule has 1 aliphatic carbocycles. The second-order valence-corrected chi connectivity index (χ2v) is 7.67. The van der Waals surface area contributed by atoms with E-state index in [0.29, 0.717) is 11.9 Å². The molecule has 2 aromatic heterocycles. The number of oxazole rings is 1. The third-order valence-electron chi connectivity index (χ3n) is 3.56. The number of hydrogen-bond acceptors (Lipinski definition) is 7. The fourth-order valence-electron chi connectivity index (χ4n) is 2.12. The molecular formula is C16H16N4OS2. The largest absolute Gasteiger partial charge is 0.441 e. The monoisotopic (exact) mass is 344 g/mol. The molecule has 0 bridgehead atoms. The highest BCUT2D eigenvalue weighted by Gasteiger charge is 2.22. The van der Waals surface area contributed by atoms with Crippen molar-refractivity contribution in [2.75, 3.05) is 5.32 Å². The number of aryl methyl sites for hydroxylation is 1. The maximum atomic E-state index is 5.79. The average molecular weight is 344 g/mol. The molecule has 1 aliphatic rings. The molecule has 4 rings (SSSR count). The lowest BCUT2D eigenvalue weighted by Crippen LogP contribution is -1.99. The molecule has 1 aromatic carbocycles. The van der Waals surface area contributed by atoms with Gasteiger partial charge in [-0.15, -0.1) is 10.2 Å². The summed E-state index contributed by atoms with van der Waals surface area (Å²) in [6.07, 6.45) is 2.48. The minimum atomic E-state index is 0.604. The van der Waals surface area contributed by atoms with Gasteiger partial charge < -0.3 is 9.73 Å². The summed E-state index contributed by atoms with van der Waals surface area (Å²) >= 11 is 3.25. The SMILES string of the molecule is Cc1oc(-c2ccccc2)nc1CSc1nnc(NC2CC2)s1. The van der Waals surface area contributed by atoms with Crippen molar-refractivity contribution in [3.05, 3.63) is 41.8 Å². The smallest absolute Gasteiger partial charge is 0.226 e. The van der Waals surface area contributed by atoms with Gasteiger partial charge in [0.25, 0.3) is 0 Å². The number of nitrogens with zero attached hydrogens (tertiary/aromatic N) is 3. The molecule has 0 aliphatic heterocycles. The third-order valence-corrected chi connectivity index (χ3v) is 5.56. The van der Waals surface area contributed by atoms with Crippen LogP contribution in [0.4, 0.5) is 5.13 Å². The molecule has 2 heterocycles. The lowest BCUT2D eigenvalue weighted by molar-refractivity contribution is 0.540. The highest BCUT2D eigenvalue weighted by Crippen LogP contribution is 2.32. The van der Waals surface area contributed by atoms with E-state index in [0.717, 1.165) is 32.2 Å². The Morgan fingerprint density at radius 1 is 1.26 bits per heavy atom. The van der Waals surface area contributed by atoms with Crippen LogP contribution in [0.3, 0.4) is 0 Å². The summed E-state index contributed by atoms with van der Waals surface area (Å²) < 4.78 is 6.74. The summed E-state index contributed by atoms with van der Waals surface area (Å²) in [4.78, 5) is 4.61. The number of nitrogens with one attached hydrogen (secondary N) is 1. The molecule has 0 spiro atoms. The summed E-state index contributed by atoms with van der Waals surface area (Å²) in [6.45, 7) is 1.95. The normalized spacial score (nSPS) is 14.1. The van der Waals surface area contributed by atoms with Crippen LogP contribution >= 0.6 is 23.1 Å². The van der Waals surface area contributed by atoms with Crippen LogP contribution in [-0.4, -0.2) is 21.2 Å². The number of rotatable bonds is 6. The first kappa shape index (κ1) is 14.7. The Balaban J connectivity index is 1.42. The summed E-state index contributed by atoms with van der Waals surface area (Å²) in [6, 6.07) is 10.6. The fraction of sp³-hybridized carbons (Fsp3) is 0.312. The second kappa shape index (κ2) is 6.33. The van der Waals surface area contributed by atoms with Crippen LogP contribution in [-0.2, 0) is 5.75 Å². The van der Waals surface area contributed by atoms with Crippen LogP contribution in [0.1, 0.15) is 24.3 Å². The maximum absolute atomic E-state index is 5.79. The summed E-state index contributed by atoms with van der Waals surface area (Å²) in [5.41, 5.74) is 1.96. The standard InChI is InChI=1S/C16H16N4OS2/c1-10-13(18-14(21-10)11-5-3-2-4-6-11)9-22-16-20-19-15(23-16)17-12-7-8-12/h2-6,12H,7-9H2,1H3,(H,17,19). The molecule has 0 amide bonds. The molecule has 7 heteroatoms. The molecule has 1 saturated carbocycles. The van der Waals surface area contributed by atoms with Gasteiger partial charge in [0.05, 0.1) is 5.69 Å². The lowest BCUT2D eigenvalue weighted by Gasteiger charge is -1.95. The van der Waals surface area contributed by atoms with Gasteiger partial charge in [-0.05, 0) is 31.9 Å². The van der Waals surface area contributed by atoms with Gasteiger partial charge in [-0.2, -0.15) is 0 Å². The quantitative estimate of drug-likeness (QED) is 0.670. The number of aromatic nitrogens is 3. The van der Waals surface area contributed by atoms with E-state index >= 15 is 0 Å². The van der Waals surface area contributed by atoms with Crippen LogP contribution in [0.2, 0.25) is 0 Å². The van der Waals surface area contributed by atoms with Gasteiger partial charge in [-0.25, -0.2) is 4.98 Å². The Morgan fingerprint density at radius 3 is 2.87 bits per heavy atom. The van der Waals surface area contributed by atoms with Gasteiger partial charge in [0.2, 0.25) is 11.0 Å². The van der Waals surface area contributed by atoms with Crippen LogP contribution in [0, 0.1) is 6.92 Å². The molecular weight excluding hydrogens is 328 g/mol. The summed E-state index contributed by atoms with van der Waals surface area (Å²) in [5.74, 6) is 2.27. The molecule has 23 heavy (non-hydrogen) atoms. The van der Waals surface area contributed by atoms with Crippen LogP contribution < -0.4 is 5.32 Å². The van der Waals surface area contributed by atoms with Crippen LogP contribution in [0.25, 0.3) is 11.5 Å². The van der Waals surface area contributed by atoms with Crippen molar-refractivity contribution >= 4 is 28.2 Å². The van der Waals surface area contributed by atoms with E-state index in [1.165, 1.54) is 12.8 Å². The van der Waals surface area contributed by atoms with Crippen molar-refractivity contribution in [2.45, 2.75) is 35.9 Å². The average Bonchev–Trinajstić information content (AvgIpc) is 3.14. The number of anilines is 1. The zero-order chi connectivity index (χ0) is 15.6.